The molecule has 140 valence electrons. The van der Waals surface area contributed by atoms with Crippen LogP contribution in [0.1, 0.15) is 30.0 Å². The molecule has 1 aliphatic rings. The van der Waals surface area contributed by atoms with Crippen LogP contribution in [-0.4, -0.2) is 30.7 Å². The van der Waals surface area contributed by atoms with Gasteiger partial charge in [-0.2, -0.15) is 4.31 Å². The molecule has 4 rings (SSSR count). The third-order valence-electron chi connectivity index (χ3n) is 4.86. The van der Waals surface area contributed by atoms with Crippen molar-refractivity contribution in [1.82, 2.24) is 9.29 Å². The molecule has 3 aromatic rings. The fourth-order valence-corrected chi connectivity index (χ4v) is 5.63. The molecule has 1 atom stereocenters. The summed E-state index contributed by atoms with van der Waals surface area (Å²) in [7, 11) is -2.11. The van der Waals surface area contributed by atoms with E-state index in [-0.39, 0.29) is 16.8 Å². The van der Waals surface area contributed by atoms with Gasteiger partial charge in [-0.25, -0.2) is 13.4 Å². The fraction of sp³-hybridized carbons (Fsp3) is 0.263. The number of amides is 1. The number of carbonyl (C=O) groups excluding carboxylic acids is 1. The monoisotopic (exact) mass is 401 g/mol. The van der Waals surface area contributed by atoms with Gasteiger partial charge in [-0.3, -0.25) is 4.79 Å². The smallest absolute Gasteiger partial charge is 0.243 e. The predicted molar refractivity (Wildman–Crippen MR) is 106 cm³/mol. The first kappa shape index (κ1) is 18.1. The van der Waals surface area contributed by atoms with Crippen molar-refractivity contribution in [2.75, 3.05) is 12.4 Å². The number of anilines is 1. The number of benzene rings is 2. The van der Waals surface area contributed by atoms with E-state index in [4.69, 9.17) is 0 Å². The normalized spacial score (nSPS) is 15.6. The van der Waals surface area contributed by atoms with E-state index in [9.17, 15) is 13.2 Å². The molecule has 1 aliphatic heterocycles. The minimum Gasteiger partial charge on any atom is -0.326 e. The van der Waals surface area contributed by atoms with Crippen LogP contribution in [-0.2, 0) is 21.2 Å². The molecule has 6 nitrogen and oxygen atoms in total. The zero-order valence-corrected chi connectivity index (χ0v) is 16.6. The van der Waals surface area contributed by atoms with Crippen LogP contribution >= 0.6 is 11.3 Å². The molecule has 0 saturated carbocycles. The second-order valence-corrected chi connectivity index (χ2v) is 9.64. The number of thiazole rings is 1. The Bertz CT molecular complexity index is 1110. The lowest BCUT2D eigenvalue weighted by atomic mass is 10.0. The molecule has 27 heavy (non-hydrogen) atoms. The van der Waals surface area contributed by atoms with Crippen LogP contribution in [0.4, 0.5) is 5.69 Å². The number of aryl methyl sites for hydroxylation is 1. The van der Waals surface area contributed by atoms with Crippen molar-refractivity contribution in [3.63, 3.8) is 0 Å². The summed E-state index contributed by atoms with van der Waals surface area (Å²) in [6.45, 7) is 1.84. The molecule has 0 aliphatic carbocycles. The van der Waals surface area contributed by atoms with E-state index < -0.39 is 10.0 Å². The Morgan fingerprint density at radius 3 is 2.74 bits per heavy atom. The number of hydrogen-bond acceptors (Lipinski definition) is 5. The van der Waals surface area contributed by atoms with E-state index in [2.05, 4.69) is 10.3 Å². The topological polar surface area (TPSA) is 79.4 Å². The van der Waals surface area contributed by atoms with Crippen molar-refractivity contribution >= 4 is 43.2 Å². The molecule has 2 heterocycles. The van der Waals surface area contributed by atoms with Gasteiger partial charge in [0, 0.05) is 19.2 Å². The Kier molecular flexibility index (Phi) is 4.49. The van der Waals surface area contributed by atoms with E-state index in [1.54, 1.807) is 25.2 Å². The van der Waals surface area contributed by atoms with Gasteiger partial charge in [-0.15, -0.1) is 11.3 Å². The second-order valence-electron chi connectivity index (χ2n) is 6.58. The Morgan fingerprint density at radius 2 is 1.96 bits per heavy atom. The van der Waals surface area contributed by atoms with Crippen molar-refractivity contribution in [2.24, 2.45) is 0 Å². The number of para-hydroxylation sites is 1. The number of nitrogens with one attached hydrogen (secondary N) is 1. The van der Waals surface area contributed by atoms with Gasteiger partial charge in [0.2, 0.25) is 15.9 Å². The molecule has 0 unspecified atom stereocenters. The number of sulfonamides is 1. The highest BCUT2D eigenvalue weighted by Crippen LogP contribution is 2.33. The van der Waals surface area contributed by atoms with Crippen molar-refractivity contribution in [1.29, 1.82) is 0 Å². The van der Waals surface area contributed by atoms with E-state index in [1.807, 2.05) is 31.2 Å². The molecule has 0 radical (unpaired) electrons. The summed E-state index contributed by atoms with van der Waals surface area (Å²) >= 11 is 1.50. The van der Waals surface area contributed by atoms with Gasteiger partial charge in [-0.1, -0.05) is 12.1 Å². The Balaban J connectivity index is 1.65. The molecule has 0 fully saturated rings. The third-order valence-corrected chi connectivity index (χ3v) is 7.99. The first-order valence-electron chi connectivity index (χ1n) is 8.62. The van der Waals surface area contributed by atoms with Gasteiger partial charge in [0.25, 0.3) is 0 Å². The quantitative estimate of drug-likeness (QED) is 0.725. The number of fused-ring (bicyclic) bond motifs is 2. The highest BCUT2D eigenvalue weighted by Gasteiger charge is 2.29. The van der Waals surface area contributed by atoms with Gasteiger partial charge < -0.3 is 5.32 Å². The second kappa shape index (κ2) is 6.70. The maximum Gasteiger partial charge on any atom is 0.243 e. The molecule has 2 aromatic carbocycles. The van der Waals surface area contributed by atoms with Crippen LogP contribution in [0.5, 0.6) is 0 Å². The molecule has 1 amide bonds. The minimum absolute atomic E-state index is 0.0420. The summed E-state index contributed by atoms with van der Waals surface area (Å²) in [6, 6.07) is 12.2. The molecule has 0 saturated heterocycles. The maximum absolute atomic E-state index is 13.1. The summed E-state index contributed by atoms with van der Waals surface area (Å²) in [6.07, 6.45) is 0.913. The zero-order chi connectivity index (χ0) is 19.2. The third kappa shape index (κ3) is 3.24. The summed E-state index contributed by atoms with van der Waals surface area (Å²) in [5, 5.41) is 3.53. The van der Waals surface area contributed by atoms with Gasteiger partial charge in [-0.05, 0) is 49.2 Å². The number of aromatic nitrogens is 1. The van der Waals surface area contributed by atoms with Crippen LogP contribution in [0.2, 0.25) is 0 Å². The summed E-state index contributed by atoms with van der Waals surface area (Å²) in [5.41, 5.74) is 2.41. The lowest BCUT2D eigenvalue weighted by Crippen LogP contribution is -2.30. The zero-order valence-electron chi connectivity index (χ0n) is 15.0. The number of rotatable bonds is 4. The highest BCUT2D eigenvalue weighted by atomic mass is 32.2. The summed E-state index contributed by atoms with van der Waals surface area (Å²) < 4.78 is 28.6. The lowest BCUT2D eigenvalue weighted by molar-refractivity contribution is -0.116. The van der Waals surface area contributed by atoms with E-state index >= 15 is 0 Å². The molecule has 0 spiro atoms. The summed E-state index contributed by atoms with van der Waals surface area (Å²) in [4.78, 5) is 16.3. The Labute approximate surface area is 161 Å². The Hall–Kier alpha value is -2.29. The lowest BCUT2D eigenvalue weighted by Gasteiger charge is -2.24. The van der Waals surface area contributed by atoms with Gasteiger partial charge in [0.15, 0.2) is 0 Å². The van der Waals surface area contributed by atoms with Crippen LogP contribution in [0.15, 0.2) is 47.4 Å². The van der Waals surface area contributed by atoms with Crippen molar-refractivity contribution in [2.45, 2.75) is 30.7 Å². The van der Waals surface area contributed by atoms with Crippen LogP contribution in [0.25, 0.3) is 10.2 Å². The van der Waals surface area contributed by atoms with Crippen molar-refractivity contribution in [3.05, 3.63) is 53.0 Å². The highest BCUT2D eigenvalue weighted by molar-refractivity contribution is 7.89. The number of carbonyl (C=O) groups is 1. The van der Waals surface area contributed by atoms with Crippen molar-refractivity contribution < 1.29 is 13.2 Å². The number of hydrogen-bond donors (Lipinski definition) is 1. The van der Waals surface area contributed by atoms with Gasteiger partial charge >= 0.3 is 0 Å². The van der Waals surface area contributed by atoms with E-state index in [0.717, 1.165) is 20.8 Å². The van der Waals surface area contributed by atoms with Gasteiger partial charge in [0.1, 0.15) is 5.01 Å². The summed E-state index contributed by atoms with van der Waals surface area (Å²) in [5.74, 6) is -0.0420. The molecular weight excluding hydrogens is 382 g/mol. The molecule has 1 N–H and O–H groups in total. The van der Waals surface area contributed by atoms with E-state index in [1.165, 1.54) is 15.6 Å². The SMILES string of the molecule is C[C@@H](c1nc2ccccc2s1)N(C)S(=O)(=O)c1ccc2c(c1)CCC(=O)N2. The van der Waals surface area contributed by atoms with E-state index in [0.29, 0.717) is 18.5 Å². The fourth-order valence-electron chi connectivity index (χ4n) is 3.12. The van der Waals surface area contributed by atoms with Crippen LogP contribution in [0, 0.1) is 0 Å². The molecule has 1 aromatic heterocycles. The largest absolute Gasteiger partial charge is 0.326 e. The standard InChI is InChI=1S/C19H19N3O3S2/c1-12(19-21-16-5-3-4-6-17(16)26-19)22(2)27(24,25)14-8-9-15-13(11-14)7-10-18(23)20-15/h3-6,8-9,11-12H,7,10H2,1-2H3,(H,20,23)/t12-/m0/s1. The average Bonchev–Trinajstić information content (AvgIpc) is 3.10. The van der Waals surface area contributed by atoms with Crippen molar-refractivity contribution in [3.8, 4) is 0 Å². The Morgan fingerprint density at radius 1 is 1.19 bits per heavy atom. The van der Waals surface area contributed by atoms with Gasteiger partial charge in [0.05, 0.1) is 21.2 Å². The first-order chi connectivity index (χ1) is 12.9. The van der Waals surface area contributed by atoms with Crippen LogP contribution < -0.4 is 5.32 Å². The predicted octanol–water partition coefficient (Wildman–Crippen LogP) is 3.56. The number of nitrogens with zero attached hydrogens (tertiary/aromatic N) is 2. The first-order valence-corrected chi connectivity index (χ1v) is 10.9. The molecular formula is C19H19N3O3S2. The average molecular weight is 402 g/mol. The maximum atomic E-state index is 13.1. The molecule has 8 heteroatoms. The minimum atomic E-state index is -3.68. The molecule has 0 bridgehead atoms. The van der Waals surface area contributed by atoms with Crippen LogP contribution in [0.3, 0.4) is 0 Å².